The second-order valence-electron chi connectivity index (χ2n) is 3.94. The molecule has 0 atom stereocenters. The van der Waals surface area contributed by atoms with Crippen LogP contribution in [0.4, 0.5) is 0 Å². The van der Waals surface area contributed by atoms with Crippen molar-refractivity contribution < 1.29 is 10.2 Å². The quantitative estimate of drug-likeness (QED) is 0.813. The van der Waals surface area contributed by atoms with Gasteiger partial charge in [-0.2, -0.15) is 0 Å². The molecular formula is C14H26O2. The molecule has 0 aromatic heterocycles. The Labute approximate surface area is 100.0 Å². The summed E-state index contributed by atoms with van der Waals surface area (Å²) in [6, 6.07) is 8.72. The fraction of sp³-hybridized carbons (Fsp3) is 0.571. The van der Waals surface area contributed by atoms with Crippen molar-refractivity contribution in [1.82, 2.24) is 0 Å². The largest absolute Gasteiger partial charge is 0.400 e. The van der Waals surface area contributed by atoms with Crippen LogP contribution >= 0.6 is 0 Å². The van der Waals surface area contributed by atoms with Crippen LogP contribution in [-0.4, -0.2) is 24.4 Å². The minimum absolute atomic E-state index is 0.642. The molecule has 0 spiro atoms. The molecule has 16 heavy (non-hydrogen) atoms. The van der Waals surface area contributed by atoms with Crippen molar-refractivity contribution in [3.8, 4) is 0 Å². The van der Waals surface area contributed by atoms with Gasteiger partial charge in [-0.3, -0.25) is 0 Å². The summed E-state index contributed by atoms with van der Waals surface area (Å²) in [5.74, 6) is 1.28. The van der Waals surface area contributed by atoms with E-state index in [4.69, 9.17) is 10.2 Å². The average Bonchev–Trinajstić information content (AvgIpc) is 2.34. The van der Waals surface area contributed by atoms with Crippen molar-refractivity contribution in [2.24, 2.45) is 0 Å². The molecule has 0 bridgehead atoms. The van der Waals surface area contributed by atoms with Gasteiger partial charge in [0, 0.05) is 14.2 Å². The van der Waals surface area contributed by atoms with Crippen molar-refractivity contribution in [3.05, 3.63) is 35.4 Å². The number of aliphatic hydroxyl groups is 2. The molecule has 1 rings (SSSR count). The minimum Gasteiger partial charge on any atom is -0.400 e. The molecule has 2 nitrogen and oxygen atoms in total. The Morgan fingerprint density at radius 1 is 0.688 bits per heavy atom. The summed E-state index contributed by atoms with van der Waals surface area (Å²) in [5, 5.41) is 14.0. The highest BCUT2D eigenvalue weighted by Gasteiger charge is 2.07. The van der Waals surface area contributed by atoms with Crippen molar-refractivity contribution in [1.29, 1.82) is 0 Å². The van der Waals surface area contributed by atoms with Crippen LogP contribution in [-0.2, 0) is 0 Å². The molecule has 2 N–H and O–H groups in total. The van der Waals surface area contributed by atoms with Crippen LogP contribution in [0.5, 0.6) is 0 Å². The lowest BCUT2D eigenvalue weighted by Gasteiger charge is -2.14. The number of hydrogen-bond donors (Lipinski definition) is 2. The fourth-order valence-electron chi connectivity index (χ4n) is 1.56. The van der Waals surface area contributed by atoms with E-state index in [1.807, 2.05) is 0 Å². The van der Waals surface area contributed by atoms with Gasteiger partial charge >= 0.3 is 0 Å². The first-order chi connectivity index (χ1) is 7.63. The normalized spacial score (nSPS) is 9.12. The SMILES string of the molecule is CC(C)c1ccccc1C(C)C.CO.CO. The fourth-order valence-corrected chi connectivity index (χ4v) is 1.56. The molecule has 1 aromatic rings. The third kappa shape index (κ3) is 5.89. The molecule has 1 aromatic carbocycles. The third-order valence-electron chi connectivity index (χ3n) is 2.24. The van der Waals surface area contributed by atoms with E-state index in [0.29, 0.717) is 11.8 Å². The first-order valence-corrected chi connectivity index (χ1v) is 5.61. The molecule has 0 saturated carbocycles. The van der Waals surface area contributed by atoms with Gasteiger partial charge in [-0.25, -0.2) is 0 Å². The molecular weight excluding hydrogens is 200 g/mol. The Hall–Kier alpha value is -0.860. The third-order valence-corrected chi connectivity index (χ3v) is 2.24. The molecule has 0 saturated heterocycles. The van der Waals surface area contributed by atoms with Crippen molar-refractivity contribution in [2.45, 2.75) is 39.5 Å². The molecule has 0 radical (unpaired) electrons. The van der Waals surface area contributed by atoms with Crippen LogP contribution in [0, 0.1) is 0 Å². The maximum atomic E-state index is 7.00. The maximum absolute atomic E-state index is 7.00. The number of hydrogen-bond acceptors (Lipinski definition) is 2. The summed E-state index contributed by atoms with van der Waals surface area (Å²) < 4.78 is 0. The lowest BCUT2D eigenvalue weighted by atomic mass is 9.91. The molecule has 0 amide bonds. The number of aliphatic hydroxyl groups excluding tert-OH is 2. The van der Waals surface area contributed by atoms with Gasteiger partial charge in [-0.1, -0.05) is 52.0 Å². The van der Waals surface area contributed by atoms with Crippen LogP contribution in [0.2, 0.25) is 0 Å². The standard InChI is InChI=1S/C12H18.2CH4O/c1-9(2)11-7-5-6-8-12(11)10(3)4;2*1-2/h5-10H,1-4H3;2*2H,1H3. The summed E-state index contributed by atoms with van der Waals surface area (Å²) in [6.07, 6.45) is 0. The predicted octanol–water partition coefficient (Wildman–Crippen LogP) is 3.15. The molecule has 94 valence electrons. The Bertz CT molecular complexity index is 228. The number of benzene rings is 1. The van der Waals surface area contributed by atoms with Crippen molar-refractivity contribution >= 4 is 0 Å². The van der Waals surface area contributed by atoms with E-state index in [2.05, 4.69) is 52.0 Å². The minimum atomic E-state index is 0.642. The Morgan fingerprint density at radius 3 is 1.12 bits per heavy atom. The van der Waals surface area contributed by atoms with E-state index >= 15 is 0 Å². The first kappa shape index (κ1) is 17.5. The van der Waals surface area contributed by atoms with Crippen LogP contribution in [0.25, 0.3) is 0 Å². The van der Waals surface area contributed by atoms with E-state index in [0.717, 1.165) is 14.2 Å². The molecule has 0 fully saturated rings. The van der Waals surface area contributed by atoms with Crippen LogP contribution < -0.4 is 0 Å². The topological polar surface area (TPSA) is 40.5 Å². The second kappa shape index (κ2) is 10.7. The highest BCUT2D eigenvalue weighted by atomic mass is 16.2. The summed E-state index contributed by atoms with van der Waals surface area (Å²) in [4.78, 5) is 0. The maximum Gasteiger partial charge on any atom is 0.0319 e. The summed E-state index contributed by atoms with van der Waals surface area (Å²) in [5.41, 5.74) is 2.99. The molecule has 0 heterocycles. The van der Waals surface area contributed by atoms with Crippen LogP contribution in [0.15, 0.2) is 24.3 Å². The lowest BCUT2D eigenvalue weighted by Crippen LogP contribution is -1.97. The average molecular weight is 226 g/mol. The zero-order chi connectivity index (χ0) is 13.1. The van der Waals surface area contributed by atoms with E-state index in [-0.39, 0.29) is 0 Å². The summed E-state index contributed by atoms with van der Waals surface area (Å²) in [7, 11) is 2.00. The van der Waals surface area contributed by atoms with Crippen molar-refractivity contribution in [2.75, 3.05) is 14.2 Å². The number of rotatable bonds is 2. The van der Waals surface area contributed by atoms with Gasteiger partial charge in [-0.15, -0.1) is 0 Å². The van der Waals surface area contributed by atoms with Gasteiger partial charge < -0.3 is 10.2 Å². The first-order valence-electron chi connectivity index (χ1n) is 5.61. The van der Waals surface area contributed by atoms with E-state index in [1.165, 1.54) is 11.1 Å². The van der Waals surface area contributed by atoms with Crippen LogP contribution in [0.3, 0.4) is 0 Å². The van der Waals surface area contributed by atoms with Gasteiger partial charge in [0.1, 0.15) is 0 Å². The Balaban J connectivity index is 0. The molecule has 2 heteroatoms. The zero-order valence-corrected chi connectivity index (χ0v) is 11.4. The highest BCUT2D eigenvalue weighted by molar-refractivity contribution is 5.31. The zero-order valence-electron chi connectivity index (χ0n) is 11.4. The van der Waals surface area contributed by atoms with E-state index in [9.17, 15) is 0 Å². The van der Waals surface area contributed by atoms with Gasteiger partial charge in [-0.05, 0) is 23.0 Å². The van der Waals surface area contributed by atoms with Gasteiger partial charge in [0.05, 0.1) is 0 Å². The van der Waals surface area contributed by atoms with Crippen LogP contribution in [0.1, 0.15) is 50.7 Å². The van der Waals surface area contributed by atoms with Gasteiger partial charge in [0.2, 0.25) is 0 Å². The highest BCUT2D eigenvalue weighted by Crippen LogP contribution is 2.25. The van der Waals surface area contributed by atoms with E-state index in [1.54, 1.807) is 0 Å². The van der Waals surface area contributed by atoms with Crippen molar-refractivity contribution in [3.63, 3.8) is 0 Å². The Morgan fingerprint density at radius 2 is 0.938 bits per heavy atom. The van der Waals surface area contributed by atoms with Gasteiger partial charge in [0.15, 0.2) is 0 Å². The molecule has 0 aliphatic heterocycles. The summed E-state index contributed by atoms with van der Waals surface area (Å²) in [6.45, 7) is 9.00. The Kier molecular flexibility index (Phi) is 11.7. The summed E-state index contributed by atoms with van der Waals surface area (Å²) >= 11 is 0. The molecule has 0 aliphatic rings. The molecule has 0 unspecified atom stereocenters. The van der Waals surface area contributed by atoms with Gasteiger partial charge in [0.25, 0.3) is 0 Å². The monoisotopic (exact) mass is 226 g/mol. The molecule has 0 aliphatic carbocycles. The lowest BCUT2D eigenvalue weighted by molar-refractivity contribution is 0.399. The predicted molar refractivity (Wildman–Crippen MR) is 70.9 cm³/mol. The smallest absolute Gasteiger partial charge is 0.0319 e. The van der Waals surface area contributed by atoms with E-state index < -0.39 is 0 Å². The second-order valence-corrected chi connectivity index (χ2v) is 3.94.